The van der Waals surface area contributed by atoms with E-state index in [1.165, 1.54) is 6.92 Å². The van der Waals surface area contributed by atoms with Gasteiger partial charge in [0.05, 0.1) is 0 Å². The number of nitrogens with one attached hydrogen (secondary N) is 2. The lowest BCUT2D eigenvalue weighted by Crippen LogP contribution is -2.40. The van der Waals surface area contributed by atoms with Gasteiger partial charge >= 0.3 is 12.0 Å². The normalized spacial score (nSPS) is 16.5. The monoisotopic (exact) mass is 389 g/mol. The van der Waals surface area contributed by atoms with Crippen molar-refractivity contribution in [1.29, 1.82) is 0 Å². The molecule has 0 bridgehead atoms. The molecular formula is C20H27N3O5. The van der Waals surface area contributed by atoms with E-state index < -0.39 is 29.6 Å². The molecule has 1 aliphatic rings. The summed E-state index contributed by atoms with van der Waals surface area (Å²) in [5.41, 5.74) is 0.858. The van der Waals surface area contributed by atoms with Gasteiger partial charge in [-0.2, -0.15) is 0 Å². The van der Waals surface area contributed by atoms with Gasteiger partial charge in [-0.3, -0.25) is 19.3 Å². The molecule has 2 rings (SSSR count). The Kier molecular flexibility index (Phi) is 6.77. The highest BCUT2D eigenvalue weighted by molar-refractivity contribution is 6.06. The molecule has 1 fully saturated rings. The van der Waals surface area contributed by atoms with Crippen molar-refractivity contribution in [2.75, 3.05) is 11.9 Å². The number of esters is 1. The van der Waals surface area contributed by atoms with Crippen LogP contribution in [0, 0.1) is 0 Å². The standard InChI is InChI=1S/C20H27N3O5/c1-5-14-8-10-15(11-9-14)21-17(25)13(2)28-16(24)7-6-12-23-18(26)20(3,4)22-19(23)27/h8-11,13H,5-7,12H2,1-4H3,(H,21,25)(H,22,27)/t13-/m1/s1. The Labute approximate surface area is 164 Å². The zero-order chi connectivity index (χ0) is 20.9. The summed E-state index contributed by atoms with van der Waals surface area (Å²) in [4.78, 5) is 49.0. The second-order valence-electron chi connectivity index (χ2n) is 7.29. The maximum absolute atomic E-state index is 12.1. The van der Waals surface area contributed by atoms with Crippen molar-refractivity contribution >= 4 is 29.5 Å². The molecule has 1 aliphatic heterocycles. The van der Waals surface area contributed by atoms with Crippen LogP contribution in [-0.4, -0.2) is 46.9 Å². The Hall–Kier alpha value is -2.90. The van der Waals surface area contributed by atoms with Gasteiger partial charge in [-0.15, -0.1) is 0 Å². The number of nitrogens with zero attached hydrogens (tertiary/aromatic N) is 1. The second kappa shape index (κ2) is 8.86. The number of rotatable bonds is 8. The molecule has 1 saturated heterocycles. The first-order chi connectivity index (χ1) is 13.1. The number of aryl methyl sites for hydroxylation is 1. The lowest BCUT2D eigenvalue weighted by Gasteiger charge is -2.16. The minimum Gasteiger partial charge on any atom is -0.453 e. The smallest absolute Gasteiger partial charge is 0.325 e. The van der Waals surface area contributed by atoms with Crippen LogP contribution in [0.15, 0.2) is 24.3 Å². The van der Waals surface area contributed by atoms with E-state index in [0.29, 0.717) is 5.69 Å². The number of benzene rings is 1. The van der Waals surface area contributed by atoms with Crippen molar-refractivity contribution in [3.63, 3.8) is 0 Å². The van der Waals surface area contributed by atoms with Crippen molar-refractivity contribution in [2.24, 2.45) is 0 Å². The largest absolute Gasteiger partial charge is 0.453 e. The summed E-state index contributed by atoms with van der Waals surface area (Å²) in [5, 5.41) is 5.27. The summed E-state index contributed by atoms with van der Waals surface area (Å²) in [6, 6.07) is 6.97. The molecule has 2 N–H and O–H groups in total. The minimum atomic E-state index is -0.950. The average Bonchev–Trinajstić information content (AvgIpc) is 2.83. The molecular weight excluding hydrogens is 362 g/mol. The summed E-state index contributed by atoms with van der Waals surface area (Å²) in [7, 11) is 0. The predicted octanol–water partition coefficient (Wildman–Crippen LogP) is 2.23. The van der Waals surface area contributed by atoms with Gasteiger partial charge in [-0.05, 0) is 51.3 Å². The lowest BCUT2D eigenvalue weighted by molar-refractivity contribution is -0.153. The number of ether oxygens (including phenoxy) is 1. The topological polar surface area (TPSA) is 105 Å². The van der Waals surface area contributed by atoms with Crippen LogP contribution in [0.25, 0.3) is 0 Å². The van der Waals surface area contributed by atoms with E-state index in [2.05, 4.69) is 10.6 Å². The molecule has 0 unspecified atom stereocenters. The van der Waals surface area contributed by atoms with Gasteiger partial charge in [-0.25, -0.2) is 4.79 Å². The third-order valence-electron chi connectivity index (χ3n) is 4.51. The molecule has 1 aromatic carbocycles. The van der Waals surface area contributed by atoms with Gasteiger partial charge in [0.25, 0.3) is 11.8 Å². The van der Waals surface area contributed by atoms with Crippen molar-refractivity contribution < 1.29 is 23.9 Å². The number of hydrogen-bond acceptors (Lipinski definition) is 5. The van der Waals surface area contributed by atoms with Gasteiger partial charge in [0.2, 0.25) is 0 Å². The first kappa shape index (κ1) is 21.4. The SMILES string of the molecule is CCc1ccc(NC(=O)[C@@H](C)OC(=O)CCCN2C(=O)NC(C)(C)C2=O)cc1. The maximum Gasteiger partial charge on any atom is 0.325 e. The molecule has 4 amide bonds. The van der Waals surface area contributed by atoms with Gasteiger partial charge in [-0.1, -0.05) is 19.1 Å². The Morgan fingerprint density at radius 2 is 1.86 bits per heavy atom. The summed E-state index contributed by atoms with van der Waals surface area (Å²) < 4.78 is 5.13. The Morgan fingerprint density at radius 3 is 2.39 bits per heavy atom. The minimum absolute atomic E-state index is 0.000303. The third kappa shape index (κ3) is 5.31. The molecule has 8 nitrogen and oxygen atoms in total. The second-order valence-corrected chi connectivity index (χ2v) is 7.29. The van der Waals surface area contributed by atoms with E-state index in [1.807, 2.05) is 19.1 Å². The summed E-state index contributed by atoms with van der Waals surface area (Å²) >= 11 is 0. The lowest BCUT2D eigenvalue weighted by atomic mass is 10.1. The molecule has 0 aromatic heterocycles. The maximum atomic E-state index is 12.1. The van der Waals surface area contributed by atoms with Gasteiger partial charge < -0.3 is 15.4 Å². The molecule has 1 aromatic rings. The highest BCUT2D eigenvalue weighted by atomic mass is 16.5. The number of carbonyl (C=O) groups is 4. The molecule has 0 saturated carbocycles. The van der Waals surface area contributed by atoms with Gasteiger partial charge in [0.15, 0.2) is 6.10 Å². The molecule has 152 valence electrons. The van der Waals surface area contributed by atoms with Crippen LogP contribution >= 0.6 is 0 Å². The van der Waals surface area contributed by atoms with Crippen LogP contribution in [0.3, 0.4) is 0 Å². The Balaban J connectivity index is 1.75. The zero-order valence-electron chi connectivity index (χ0n) is 16.7. The summed E-state index contributed by atoms with van der Waals surface area (Å²) in [5.74, 6) is -1.31. The first-order valence-electron chi connectivity index (χ1n) is 9.37. The van der Waals surface area contributed by atoms with Crippen molar-refractivity contribution in [3.8, 4) is 0 Å². The molecule has 8 heteroatoms. The molecule has 0 spiro atoms. The number of urea groups is 1. The average molecular weight is 389 g/mol. The Bertz CT molecular complexity index is 758. The van der Waals surface area contributed by atoms with Crippen molar-refractivity contribution in [1.82, 2.24) is 10.2 Å². The summed E-state index contributed by atoms with van der Waals surface area (Å²) in [6.45, 7) is 6.90. The van der Waals surface area contributed by atoms with E-state index in [1.54, 1.807) is 26.0 Å². The molecule has 1 atom stereocenters. The van der Waals surface area contributed by atoms with E-state index in [9.17, 15) is 19.2 Å². The molecule has 28 heavy (non-hydrogen) atoms. The number of anilines is 1. The van der Waals surface area contributed by atoms with Gasteiger partial charge in [0.1, 0.15) is 5.54 Å². The van der Waals surface area contributed by atoms with E-state index >= 15 is 0 Å². The number of amides is 4. The fourth-order valence-electron chi connectivity index (χ4n) is 2.78. The fourth-order valence-corrected chi connectivity index (χ4v) is 2.78. The number of imide groups is 1. The van der Waals surface area contributed by atoms with E-state index in [4.69, 9.17) is 4.74 Å². The van der Waals surface area contributed by atoms with Gasteiger partial charge in [0, 0.05) is 18.7 Å². The van der Waals surface area contributed by atoms with Crippen molar-refractivity contribution in [2.45, 2.75) is 58.6 Å². The zero-order valence-corrected chi connectivity index (χ0v) is 16.7. The predicted molar refractivity (Wildman–Crippen MR) is 104 cm³/mol. The quantitative estimate of drug-likeness (QED) is 0.524. The number of hydrogen-bond donors (Lipinski definition) is 2. The summed E-state index contributed by atoms with van der Waals surface area (Å²) in [6.07, 6.45) is 0.222. The first-order valence-corrected chi connectivity index (χ1v) is 9.37. The van der Waals surface area contributed by atoms with E-state index in [-0.39, 0.29) is 25.3 Å². The fraction of sp³-hybridized carbons (Fsp3) is 0.500. The van der Waals surface area contributed by atoms with Crippen molar-refractivity contribution in [3.05, 3.63) is 29.8 Å². The number of carbonyl (C=O) groups excluding carboxylic acids is 4. The Morgan fingerprint density at radius 1 is 1.21 bits per heavy atom. The molecule has 0 radical (unpaired) electrons. The van der Waals surface area contributed by atoms with Crippen LogP contribution < -0.4 is 10.6 Å². The van der Waals surface area contributed by atoms with Crippen LogP contribution in [-0.2, 0) is 25.5 Å². The van der Waals surface area contributed by atoms with Crippen LogP contribution in [0.4, 0.5) is 10.5 Å². The molecule has 1 heterocycles. The van der Waals surface area contributed by atoms with E-state index in [0.717, 1.165) is 16.9 Å². The highest BCUT2D eigenvalue weighted by Crippen LogP contribution is 2.17. The van der Waals surface area contributed by atoms with Crippen LogP contribution in [0.2, 0.25) is 0 Å². The third-order valence-corrected chi connectivity index (χ3v) is 4.51. The highest BCUT2D eigenvalue weighted by Gasteiger charge is 2.43. The molecule has 0 aliphatic carbocycles. The van der Waals surface area contributed by atoms with Crippen LogP contribution in [0.1, 0.15) is 46.1 Å². The van der Waals surface area contributed by atoms with Crippen LogP contribution in [0.5, 0.6) is 0 Å².